The topological polar surface area (TPSA) is 74.2 Å². The second kappa shape index (κ2) is 7.77. The van der Waals surface area contributed by atoms with Crippen molar-refractivity contribution >= 4 is 17.6 Å². The quantitative estimate of drug-likeness (QED) is 0.793. The Labute approximate surface area is 134 Å². The molecule has 22 heavy (non-hydrogen) atoms. The molecular formula is C16H18ClN3O2. The SMILES string of the molecule is Cc1cccc(CNC(=O)NCC(O)c2ccc(Cl)cc2)n1. The Kier molecular flexibility index (Phi) is 5.75. The first kappa shape index (κ1) is 16.3. The number of hydrogen-bond acceptors (Lipinski definition) is 3. The van der Waals surface area contributed by atoms with Gasteiger partial charge in [-0.3, -0.25) is 4.98 Å². The molecule has 0 fully saturated rings. The number of aromatic nitrogens is 1. The van der Waals surface area contributed by atoms with E-state index in [0.717, 1.165) is 11.4 Å². The van der Waals surface area contributed by atoms with Crippen LogP contribution in [0.25, 0.3) is 0 Å². The van der Waals surface area contributed by atoms with E-state index < -0.39 is 6.10 Å². The van der Waals surface area contributed by atoms with Crippen LogP contribution in [-0.2, 0) is 6.54 Å². The van der Waals surface area contributed by atoms with Crippen molar-refractivity contribution in [2.24, 2.45) is 0 Å². The van der Waals surface area contributed by atoms with E-state index in [-0.39, 0.29) is 12.6 Å². The summed E-state index contributed by atoms with van der Waals surface area (Å²) >= 11 is 5.79. The molecule has 0 aliphatic heterocycles. The van der Waals surface area contributed by atoms with E-state index in [9.17, 15) is 9.90 Å². The molecule has 2 amide bonds. The van der Waals surface area contributed by atoms with Crippen molar-refractivity contribution < 1.29 is 9.90 Å². The third kappa shape index (κ3) is 5.02. The van der Waals surface area contributed by atoms with E-state index in [1.807, 2.05) is 25.1 Å². The number of pyridine rings is 1. The Morgan fingerprint density at radius 2 is 1.95 bits per heavy atom. The summed E-state index contributed by atoms with van der Waals surface area (Å²) in [6.07, 6.45) is -0.778. The summed E-state index contributed by atoms with van der Waals surface area (Å²) in [4.78, 5) is 16.0. The van der Waals surface area contributed by atoms with E-state index in [1.165, 1.54) is 0 Å². The zero-order valence-corrected chi connectivity index (χ0v) is 13.0. The van der Waals surface area contributed by atoms with Gasteiger partial charge in [0, 0.05) is 17.3 Å². The summed E-state index contributed by atoms with van der Waals surface area (Å²) in [5.74, 6) is 0. The smallest absolute Gasteiger partial charge is 0.315 e. The van der Waals surface area contributed by atoms with Crippen molar-refractivity contribution in [1.29, 1.82) is 0 Å². The molecule has 6 heteroatoms. The molecule has 0 bridgehead atoms. The van der Waals surface area contributed by atoms with Gasteiger partial charge in [-0.05, 0) is 36.8 Å². The third-order valence-corrected chi connectivity index (χ3v) is 3.34. The fraction of sp³-hybridized carbons (Fsp3) is 0.250. The van der Waals surface area contributed by atoms with Gasteiger partial charge in [0.2, 0.25) is 0 Å². The van der Waals surface area contributed by atoms with Gasteiger partial charge in [0.05, 0.1) is 18.3 Å². The molecule has 0 saturated carbocycles. The number of aliphatic hydroxyl groups excluding tert-OH is 1. The largest absolute Gasteiger partial charge is 0.387 e. The Morgan fingerprint density at radius 3 is 2.64 bits per heavy atom. The molecule has 2 aromatic rings. The number of rotatable bonds is 5. The normalized spacial score (nSPS) is 11.8. The minimum atomic E-state index is -0.778. The van der Waals surface area contributed by atoms with Crippen LogP contribution >= 0.6 is 11.6 Å². The Hall–Kier alpha value is -2.11. The first-order chi connectivity index (χ1) is 10.5. The highest BCUT2D eigenvalue weighted by Crippen LogP contribution is 2.15. The second-order valence-electron chi connectivity index (χ2n) is 4.90. The molecule has 1 aromatic carbocycles. The fourth-order valence-corrected chi connectivity index (χ4v) is 2.05. The summed E-state index contributed by atoms with van der Waals surface area (Å²) in [6.45, 7) is 2.35. The van der Waals surface area contributed by atoms with Crippen LogP contribution in [0.15, 0.2) is 42.5 Å². The number of aliphatic hydroxyl groups is 1. The van der Waals surface area contributed by atoms with Gasteiger partial charge in [-0.2, -0.15) is 0 Å². The molecule has 2 rings (SSSR count). The molecular weight excluding hydrogens is 302 g/mol. The minimum absolute atomic E-state index is 0.120. The fourth-order valence-electron chi connectivity index (χ4n) is 1.92. The summed E-state index contributed by atoms with van der Waals surface area (Å²) in [7, 11) is 0. The number of halogens is 1. The van der Waals surface area contributed by atoms with Gasteiger partial charge < -0.3 is 15.7 Å². The number of aryl methyl sites for hydroxylation is 1. The number of carbonyl (C=O) groups is 1. The van der Waals surface area contributed by atoms with Crippen LogP contribution in [0.3, 0.4) is 0 Å². The van der Waals surface area contributed by atoms with E-state index in [2.05, 4.69) is 15.6 Å². The third-order valence-electron chi connectivity index (χ3n) is 3.09. The molecule has 5 nitrogen and oxygen atoms in total. The Morgan fingerprint density at radius 1 is 1.23 bits per heavy atom. The van der Waals surface area contributed by atoms with Crippen molar-refractivity contribution in [3.8, 4) is 0 Å². The molecule has 1 atom stereocenters. The average Bonchev–Trinajstić information content (AvgIpc) is 2.51. The van der Waals surface area contributed by atoms with E-state index >= 15 is 0 Å². The number of benzene rings is 1. The van der Waals surface area contributed by atoms with Gasteiger partial charge in [-0.15, -0.1) is 0 Å². The second-order valence-corrected chi connectivity index (χ2v) is 5.34. The van der Waals surface area contributed by atoms with Gasteiger partial charge in [-0.25, -0.2) is 4.79 Å². The first-order valence-electron chi connectivity index (χ1n) is 6.92. The zero-order valence-electron chi connectivity index (χ0n) is 12.2. The molecule has 0 saturated heterocycles. The number of amides is 2. The number of nitrogens with zero attached hydrogens (tertiary/aromatic N) is 1. The maximum atomic E-state index is 11.7. The highest BCUT2D eigenvalue weighted by atomic mass is 35.5. The van der Waals surface area contributed by atoms with Crippen LogP contribution in [0.1, 0.15) is 23.1 Å². The molecule has 1 unspecified atom stereocenters. The molecule has 116 valence electrons. The van der Waals surface area contributed by atoms with E-state index in [0.29, 0.717) is 17.1 Å². The summed E-state index contributed by atoms with van der Waals surface area (Å²) in [5, 5.41) is 15.9. The minimum Gasteiger partial charge on any atom is -0.387 e. The van der Waals surface area contributed by atoms with E-state index in [4.69, 9.17) is 11.6 Å². The lowest BCUT2D eigenvalue weighted by atomic mass is 10.1. The van der Waals surface area contributed by atoms with Crippen LogP contribution < -0.4 is 10.6 Å². The van der Waals surface area contributed by atoms with Crippen molar-refractivity contribution in [3.05, 3.63) is 64.4 Å². The number of hydrogen-bond donors (Lipinski definition) is 3. The lowest BCUT2D eigenvalue weighted by molar-refractivity contribution is 0.173. The molecule has 1 heterocycles. The van der Waals surface area contributed by atoms with Crippen LogP contribution in [0.2, 0.25) is 5.02 Å². The van der Waals surface area contributed by atoms with Crippen LogP contribution in [0.4, 0.5) is 4.79 Å². The molecule has 1 aromatic heterocycles. The number of nitrogens with one attached hydrogen (secondary N) is 2. The van der Waals surface area contributed by atoms with Gasteiger partial charge >= 0.3 is 6.03 Å². The Balaban J connectivity index is 1.76. The molecule has 0 radical (unpaired) electrons. The van der Waals surface area contributed by atoms with Gasteiger partial charge in [0.1, 0.15) is 0 Å². The molecule has 0 aliphatic rings. The van der Waals surface area contributed by atoms with Gasteiger partial charge in [0.25, 0.3) is 0 Å². The lowest BCUT2D eigenvalue weighted by Gasteiger charge is -2.13. The van der Waals surface area contributed by atoms with E-state index in [1.54, 1.807) is 24.3 Å². The maximum absolute atomic E-state index is 11.7. The molecule has 0 aliphatic carbocycles. The zero-order chi connectivity index (χ0) is 15.9. The molecule has 3 N–H and O–H groups in total. The average molecular weight is 320 g/mol. The Bertz CT molecular complexity index is 632. The van der Waals surface area contributed by atoms with Crippen molar-refractivity contribution in [1.82, 2.24) is 15.6 Å². The van der Waals surface area contributed by atoms with Crippen molar-refractivity contribution in [2.75, 3.05) is 6.54 Å². The van der Waals surface area contributed by atoms with Gasteiger partial charge in [0.15, 0.2) is 0 Å². The highest BCUT2D eigenvalue weighted by Gasteiger charge is 2.09. The van der Waals surface area contributed by atoms with Crippen LogP contribution in [0.5, 0.6) is 0 Å². The van der Waals surface area contributed by atoms with Crippen molar-refractivity contribution in [2.45, 2.75) is 19.6 Å². The summed E-state index contributed by atoms with van der Waals surface area (Å²) < 4.78 is 0. The van der Waals surface area contributed by atoms with Crippen LogP contribution in [-0.4, -0.2) is 22.7 Å². The first-order valence-corrected chi connectivity index (χ1v) is 7.30. The number of carbonyl (C=O) groups excluding carboxylic acids is 1. The molecule has 0 spiro atoms. The standard InChI is InChI=1S/C16H18ClN3O2/c1-11-3-2-4-14(20-11)9-18-16(22)19-10-15(21)12-5-7-13(17)8-6-12/h2-8,15,21H,9-10H2,1H3,(H2,18,19,22). The highest BCUT2D eigenvalue weighted by molar-refractivity contribution is 6.30. The van der Waals surface area contributed by atoms with Gasteiger partial charge in [-0.1, -0.05) is 29.8 Å². The summed E-state index contributed by atoms with van der Waals surface area (Å²) in [5.41, 5.74) is 2.39. The monoisotopic (exact) mass is 319 g/mol. The van der Waals surface area contributed by atoms with Crippen molar-refractivity contribution in [3.63, 3.8) is 0 Å². The predicted octanol–water partition coefficient (Wildman–Crippen LogP) is 2.58. The summed E-state index contributed by atoms with van der Waals surface area (Å²) in [6, 6.07) is 12.1. The van der Waals surface area contributed by atoms with Crippen LogP contribution in [0, 0.1) is 6.92 Å². The maximum Gasteiger partial charge on any atom is 0.315 e. The lowest BCUT2D eigenvalue weighted by Crippen LogP contribution is -2.37. The number of urea groups is 1. The predicted molar refractivity (Wildman–Crippen MR) is 85.6 cm³/mol.